The number of aromatic nitrogens is 3. The fourth-order valence-electron chi connectivity index (χ4n) is 0.924. The van der Waals surface area contributed by atoms with Crippen LogP contribution in [0.25, 0.3) is 11.5 Å². The molecular formula is C8H8N4O. The van der Waals surface area contributed by atoms with Crippen LogP contribution in [0.2, 0.25) is 0 Å². The first-order chi connectivity index (χ1) is 6.40. The van der Waals surface area contributed by atoms with E-state index < -0.39 is 0 Å². The van der Waals surface area contributed by atoms with Crippen molar-refractivity contribution in [2.45, 2.75) is 0 Å². The summed E-state index contributed by atoms with van der Waals surface area (Å²) in [5, 5.41) is 6.50. The lowest BCUT2D eigenvalue weighted by Crippen LogP contribution is -1.87. The van der Waals surface area contributed by atoms with Gasteiger partial charge in [-0.3, -0.25) is 4.98 Å². The minimum Gasteiger partial charge on any atom is -0.341 e. The normalized spacial score (nSPS) is 9.92. The van der Waals surface area contributed by atoms with Gasteiger partial charge in [-0.1, -0.05) is 11.2 Å². The molecule has 0 aliphatic carbocycles. The Morgan fingerprint density at radius 1 is 1.38 bits per heavy atom. The maximum atomic E-state index is 4.86. The zero-order chi connectivity index (χ0) is 9.10. The molecule has 0 saturated carbocycles. The number of nitrogens with zero attached hydrogens (tertiary/aromatic N) is 3. The Morgan fingerprint density at radius 2 is 2.31 bits per heavy atom. The van der Waals surface area contributed by atoms with Crippen molar-refractivity contribution < 1.29 is 4.52 Å². The topological polar surface area (TPSA) is 63.8 Å². The van der Waals surface area contributed by atoms with Crippen LogP contribution in [0, 0.1) is 0 Å². The summed E-state index contributed by atoms with van der Waals surface area (Å²) in [6.45, 7) is 0. The van der Waals surface area contributed by atoms with Crippen molar-refractivity contribution >= 4 is 6.01 Å². The Kier molecular flexibility index (Phi) is 1.91. The van der Waals surface area contributed by atoms with E-state index in [1.54, 1.807) is 13.2 Å². The highest BCUT2D eigenvalue weighted by atomic mass is 16.5. The molecule has 2 aromatic heterocycles. The first-order valence-electron chi connectivity index (χ1n) is 3.83. The van der Waals surface area contributed by atoms with E-state index in [1.165, 1.54) is 0 Å². The minimum atomic E-state index is 0.389. The molecule has 5 nitrogen and oxygen atoms in total. The lowest BCUT2D eigenvalue weighted by molar-refractivity contribution is 0.434. The molecule has 0 bridgehead atoms. The predicted molar refractivity (Wildman–Crippen MR) is 47.1 cm³/mol. The molecule has 2 heterocycles. The number of anilines is 1. The van der Waals surface area contributed by atoms with Gasteiger partial charge in [0.15, 0.2) is 0 Å². The number of rotatable bonds is 2. The zero-order valence-electron chi connectivity index (χ0n) is 7.06. The highest BCUT2D eigenvalue weighted by Gasteiger charge is 2.06. The highest BCUT2D eigenvalue weighted by Crippen LogP contribution is 2.13. The fourth-order valence-corrected chi connectivity index (χ4v) is 0.924. The molecule has 0 aliphatic heterocycles. The van der Waals surface area contributed by atoms with Crippen LogP contribution < -0.4 is 5.32 Å². The first-order valence-corrected chi connectivity index (χ1v) is 3.83. The zero-order valence-corrected chi connectivity index (χ0v) is 7.06. The Morgan fingerprint density at radius 3 is 2.92 bits per heavy atom. The van der Waals surface area contributed by atoms with Gasteiger partial charge in [-0.25, -0.2) is 0 Å². The number of hydrogen-bond donors (Lipinski definition) is 1. The third-order valence-corrected chi connectivity index (χ3v) is 1.53. The second-order valence-corrected chi connectivity index (χ2v) is 2.39. The minimum absolute atomic E-state index is 0.389. The summed E-state index contributed by atoms with van der Waals surface area (Å²) in [6, 6.07) is 5.92. The van der Waals surface area contributed by atoms with Crippen molar-refractivity contribution in [3.8, 4) is 11.5 Å². The molecule has 66 valence electrons. The van der Waals surface area contributed by atoms with Gasteiger partial charge < -0.3 is 9.84 Å². The maximum absolute atomic E-state index is 4.86. The molecule has 0 aliphatic rings. The summed E-state index contributed by atoms with van der Waals surface area (Å²) in [6.07, 6.45) is 1.69. The van der Waals surface area contributed by atoms with Gasteiger partial charge in [-0.05, 0) is 12.1 Å². The molecule has 0 amide bonds. The van der Waals surface area contributed by atoms with Gasteiger partial charge in [0.05, 0.1) is 0 Å². The van der Waals surface area contributed by atoms with Gasteiger partial charge in [-0.15, -0.1) is 0 Å². The molecule has 1 N–H and O–H groups in total. The van der Waals surface area contributed by atoms with E-state index in [9.17, 15) is 0 Å². The average molecular weight is 176 g/mol. The summed E-state index contributed by atoms with van der Waals surface area (Å²) < 4.78 is 4.86. The highest BCUT2D eigenvalue weighted by molar-refractivity contribution is 5.48. The largest absolute Gasteiger partial charge is 0.341 e. The van der Waals surface area contributed by atoms with E-state index in [0.717, 1.165) is 0 Å². The average Bonchev–Trinajstić information content (AvgIpc) is 2.67. The number of hydrogen-bond acceptors (Lipinski definition) is 5. The number of nitrogens with one attached hydrogen (secondary N) is 1. The monoisotopic (exact) mass is 176 g/mol. The molecule has 0 radical (unpaired) electrons. The summed E-state index contributed by atoms with van der Waals surface area (Å²) >= 11 is 0. The molecule has 0 unspecified atom stereocenters. The smallest absolute Gasteiger partial charge is 0.321 e. The van der Waals surface area contributed by atoms with E-state index in [2.05, 4.69) is 20.4 Å². The van der Waals surface area contributed by atoms with Crippen LogP contribution in [0.15, 0.2) is 28.9 Å². The molecule has 0 spiro atoms. The Balaban J connectivity index is 2.36. The second-order valence-electron chi connectivity index (χ2n) is 2.39. The Hall–Kier alpha value is -1.91. The predicted octanol–water partition coefficient (Wildman–Crippen LogP) is 1.17. The Labute approximate surface area is 74.8 Å². The van der Waals surface area contributed by atoms with Crippen LogP contribution in [-0.4, -0.2) is 22.2 Å². The van der Waals surface area contributed by atoms with Crippen molar-refractivity contribution in [3.05, 3.63) is 24.4 Å². The first kappa shape index (κ1) is 7.72. The number of pyridine rings is 1. The third-order valence-electron chi connectivity index (χ3n) is 1.53. The summed E-state index contributed by atoms with van der Waals surface area (Å²) in [5.41, 5.74) is 0.702. The summed E-state index contributed by atoms with van der Waals surface area (Å²) in [7, 11) is 1.72. The van der Waals surface area contributed by atoms with Gasteiger partial charge in [0.2, 0.25) is 5.82 Å². The van der Waals surface area contributed by atoms with E-state index in [-0.39, 0.29) is 0 Å². The molecule has 0 fully saturated rings. The third kappa shape index (κ3) is 1.48. The quantitative estimate of drug-likeness (QED) is 0.744. The summed E-state index contributed by atoms with van der Waals surface area (Å²) in [4.78, 5) is 8.13. The van der Waals surface area contributed by atoms with Crippen molar-refractivity contribution in [3.63, 3.8) is 0 Å². The van der Waals surface area contributed by atoms with E-state index >= 15 is 0 Å². The van der Waals surface area contributed by atoms with E-state index in [0.29, 0.717) is 17.5 Å². The molecule has 0 aromatic carbocycles. The molecule has 5 heteroatoms. The van der Waals surface area contributed by atoms with Crippen molar-refractivity contribution in [2.24, 2.45) is 0 Å². The van der Waals surface area contributed by atoms with E-state index in [4.69, 9.17) is 4.52 Å². The van der Waals surface area contributed by atoms with Gasteiger partial charge in [0.1, 0.15) is 5.69 Å². The molecular weight excluding hydrogens is 168 g/mol. The molecule has 2 rings (SSSR count). The second kappa shape index (κ2) is 3.22. The lowest BCUT2D eigenvalue weighted by atomic mass is 10.3. The fraction of sp³-hybridized carbons (Fsp3) is 0.125. The van der Waals surface area contributed by atoms with Gasteiger partial charge >= 0.3 is 6.01 Å². The van der Waals surface area contributed by atoms with Gasteiger partial charge in [0, 0.05) is 13.2 Å². The lowest BCUT2D eigenvalue weighted by Gasteiger charge is -1.89. The molecule has 0 saturated heterocycles. The Bertz CT molecular complexity index is 384. The van der Waals surface area contributed by atoms with Gasteiger partial charge in [0.25, 0.3) is 0 Å². The van der Waals surface area contributed by atoms with Crippen LogP contribution in [0.5, 0.6) is 0 Å². The van der Waals surface area contributed by atoms with Gasteiger partial charge in [-0.2, -0.15) is 4.98 Å². The van der Waals surface area contributed by atoms with Crippen molar-refractivity contribution in [1.82, 2.24) is 15.1 Å². The molecule has 2 aromatic rings. The van der Waals surface area contributed by atoms with Crippen LogP contribution >= 0.6 is 0 Å². The summed E-state index contributed by atoms with van der Waals surface area (Å²) in [5.74, 6) is 0.491. The molecule has 13 heavy (non-hydrogen) atoms. The SMILES string of the molecule is CNc1nc(-c2ccccn2)no1. The van der Waals surface area contributed by atoms with E-state index in [1.807, 2.05) is 18.2 Å². The van der Waals surface area contributed by atoms with Crippen molar-refractivity contribution in [2.75, 3.05) is 12.4 Å². The maximum Gasteiger partial charge on any atom is 0.321 e. The van der Waals surface area contributed by atoms with Crippen LogP contribution in [0.4, 0.5) is 6.01 Å². The molecule has 0 atom stereocenters. The van der Waals surface area contributed by atoms with Crippen LogP contribution in [0.3, 0.4) is 0 Å². The van der Waals surface area contributed by atoms with Crippen LogP contribution in [-0.2, 0) is 0 Å². The van der Waals surface area contributed by atoms with Crippen LogP contribution in [0.1, 0.15) is 0 Å². The standard InChI is InChI=1S/C8H8N4O/c1-9-8-11-7(12-13-8)6-4-2-3-5-10-6/h2-5H,1H3,(H,9,11,12). The van der Waals surface area contributed by atoms with Crippen molar-refractivity contribution in [1.29, 1.82) is 0 Å².